The van der Waals surface area contributed by atoms with Gasteiger partial charge < -0.3 is 4.90 Å². The number of hydrogen-bond acceptors (Lipinski definition) is 2. The summed E-state index contributed by atoms with van der Waals surface area (Å²) in [7, 11) is 0. The summed E-state index contributed by atoms with van der Waals surface area (Å²) in [4.78, 5) is 18.1. The second-order valence-corrected chi connectivity index (χ2v) is 5.13. The van der Waals surface area contributed by atoms with E-state index in [1.165, 1.54) is 12.1 Å². The predicted octanol–water partition coefficient (Wildman–Crippen LogP) is 3.65. The molecule has 2 rings (SSSR count). The van der Waals surface area contributed by atoms with Crippen molar-refractivity contribution in [3.05, 3.63) is 64.1 Å². The maximum Gasteiger partial charge on any atom is 0.254 e. The fourth-order valence-electron chi connectivity index (χ4n) is 1.90. The number of amides is 1. The van der Waals surface area contributed by atoms with Crippen molar-refractivity contribution < 1.29 is 9.18 Å². The number of carbonyl (C=O) groups excluding carboxylic acids is 1. The van der Waals surface area contributed by atoms with Crippen LogP contribution in [0.5, 0.6) is 0 Å². The van der Waals surface area contributed by atoms with Crippen LogP contribution in [0.25, 0.3) is 0 Å². The zero-order valence-electron chi connectivity index (χ0n) is 11.0. The van der Waals surface area contributed by atoms with Gasteiger partial charge in [0.2, 0.25) is 0 Å². The molecule has 0 saturated heterocycles. The average Bonchev–Trinajstić information content (AvgIpc) is 2.44. The van der Waals surface area contributed by atoms with E-state index in [2.05, 4.69) is 20.9 Å². The Kier molecular flexibility index (Phi) is 4.84. The molecule has 1 amide bonds. The molecule has 0 radical (unpaired) electrons. The molecule has 1 heterocycles. The number of hydrogen-bond donors (Lipinski definition) is 0. The second-order valence-electron chi connectivity index (χ2n) is 4.32. The third-order valence-corrected chi connectivity index (χ3v) is 3.34. The van der Waals surface area contributed by atoms with Gasteiger partial charge in [-0.3, -0.25) is 4.79 Å². The van der Waals surface area contributed by atoms with E-state index in [1.54, 1.807) is 29.3 Å². The quantitative estimate of drug-likeness (QED) is 0.798. The van der Waals surface area contributed by atoms with Crippen molar-refractivity contribution >= 4 is 21.8 Å². The van der Waals surface area contributed by atoms with Gasteiger partial charge in [-0.25, -0.2) is 9.37 Å². The minimum absolute atomic E-state index is 0.0974. The van der Waals surface area contributed by atoms with Gasteiger partial charge in [0, 0.05) is 24.8 Å². The number of nitrogens with zero attached hydrogens (tertiary/aromatic N) is 2. The van der Waals surface area contributed by atoms with E-state index in [0.717, 1.165) is 5.56 Å². The molecule has 0 atom stereocenters. The number of benzene rings is 1. The van der Waals surface area contributed by atoms with Crippen LogP contribution >= 0.6 is 15.9 Å². The molecule has 1 aromatic heterocycles. The van der Waals surface area contributed by atoms with Crippen LogP contribution in [0.2, 0.25) is 0 Å². The highest BCUT2D eigenvalue weighted by Gasteiger charge is 2.15. The maximum absolute atomic E-state index is 13.2. The minimum Gasteiger partial charge on any atom is -0.335 e. The van der Waals surface area contributed by atoms with E-state index >= 15 is 0 Å². The van der Waals surface area contributed by atoms with Gasteiger partial charge in [-0.2, -0.15) is 0 Å². The molecule has 2 aromatic rings. The number of carbonyl (C=O) groups is 1. The lowest BCUT2D eigenvalue weighted by molar-refractivity contribution is 0.0752. The summed E-state index contributed by atoms with van der Waals surface area (Å²) in [6.07, 6.45) is 1.58. The van der Waals surface area contributed by atoms with Crippen molar-refractivity contribution in [2.45, 2.75) is 13.5 Å². The zero-order valence-corrected chi connectivity index (χ0v) is 12.6. The monoisotopic (exact) mass is 336 g/mol. The largest absolute Gasteiger partial charge is 0.335 e. The minimum atomic E-state index is -0.294. The summed E-state index contributed by atoms with van der Waals surface area (Å²) >= 11 is 3.25. The Bertz CT molecular complexity index is 618. The van der Waals surface area contributed by atoms with Crippen LogP contribution in [-0.4, -0.2) is 22.3 Å². The molecule has 0 saturated carbocycles. The SMILES string of the molecule is CCN(Cc1cccc(F)c1)C(=O)c1ccnc(Br)c1. The number of aromatic nitrogens is 1. The van der Waals surface area contributed by atoms with Crippen molar-refractivity contribution in [1.29, 1.82) is 0 Å². The molecule has 0 fully saturated rings. The van der Waals surface area contributed by atoms with Crippen LogP contribution in [0, 0.1) is 5.82 Å². The third-order valence-electron chi connectivity index (χ3n) is 2.90. The third kappa shape index (κ3) is 3.63. The van der Waals surface area contributed by atoms with E-state index < -0.39 is 0 Å². The van der Waals surface area contributed by atoms with Gasteiger partial charge in [-0.15, -0.1) is 0 Å². The molecule has 0 bridgehead atoms. The lowest BCUT2D eigenvalue weighted by atomic mass is 10.2. The highest BCUT2D eigenvalue weighted by Crippen LogP contribution is 2.13. The average molecular weight is 337 g/mol. The highest BCUT2D eigenvalue weighted by atomic mass is 79.9. The molecule has 0 spiro atoms. The van der Waals surface area contributed by atoms with Crippen LogP contribution in [0.4, 0.5) is 4.39 Å². The van der Waals surface area contributed by atoms with E-state index in [-0.39, 0.29) is 11.7 Å². The smallest absolute Gasteiger partial charge is 0.254 e. The lowest BCUT2D eigenvalue weighted by Crippen LogP contribution is -2.30. The van der Waals surface area contributed by atoms with Crippen LogP contribution in [0.1, 0.15) is 22.8 Å². The van der Waals surface area contributed by atoms with E-state index in [0.29, 0.717) is 23.3 Å². The zero-order chi connectivity index (χ0) is 14.5. The first-order valence-corrected chi connectivity index (χ1v) is 7.04. The Labute approximate surface area is 125 Å². The van der Waals surface area contributed by atoms with Gasteiger partial charge in [-0.05, 0) is 52.7 Å². The van der Waals surface area contributed by atoms with Crippen molar-refractivity contribution in [2.75, 3.05) is 6.54 Å². The summed E-state index contributed by atoms with van der Waals surface area (Å²) < 4.78 is 13.8. The van der Waals surface area contributed by atoms with Crippen molar-refractivity contribution in [2.24, 2.45) is 0 Å². The summed E-state index contributed by atoms with van der Waals surface area (Å²) in [6.45, 7) is 2.83. The predicted molar refractivity (Wildman–Crippen MR) is 78.8 cm³/mol. The maximum atomic E-state index is 13.2. The molecule has 0 N–H and O–H groups in total. The molecule has 104 valence electrons. The van der Waals surface area contributed by atoms with Crippen molar-refractivity contribution in [3.8, 4) is 0 Å². The number of halogens is 2. The van der Waals surface area contributed by atoms with Crippen LogP contribution in [-0.2, 0) is 6.54 Å². The molecular formula is C15H14BrFN2O. The number of rotatable bonds is 4. The molecule has 5 heteroatoms. The highest BCUT2D eigenvalue weighted by molar-refractivity contribution is 9.10. The van der Waals surface area contributed by atoms with Gasteiger partial charge in [-0.1, -0.05) is 12.1 Å². The normalized spacial score (nSPS) is 10.3. The fourth-order valence-corrected chi connectivity index (χ4v) is 2.27. The Morgan fingerprint density at radius 3 is 2.80 bits per heavy atom. The Hall–Kier alpha value is -1.75. The molecule has 0 aliphatic heterocycles. The molecule has 3 nitrogen and oxygen atoms in total. The Balaban J connectivity index is 2.18. The molecule has 0 aliphatic carbocycles. The van der Waals surface area contributed by atoms with Gasteiger partial charge in [0.05, 0.1) is 0 Å². The second kappa shape index (κ2) is 6.61. The Morgan fingerprint density at radius 1 is 1.35 bits per heavy atom. The van der Waals surface area contributed by atoms with Gasteiger partial charge in [0.1, 0.15) is 10.4 Å². The van der Waals surface area contributed by atoms with Crippen LogP contribution in [0.15, 0.2) is 47.2 Å². The summed E-state index contributed by atoms with van der Waals surface area (Å²) in [5, 5.41) is 0. The number of pyridine rings is 1. The molecule has 0 aliphatic rings. The lowest BCUT2D eigenvalue weighted by Gasteiger charge is -2.21. The van der Waals surface area contributed by atoms with Gasteiger partial charge in [0.25, 0.3) is 5.91 Å². The summed E-state index contributed by atoms with van der Waals surface area (Å²) in [5.41, 5.74) is 1.33. The van der Waals surface area contributed by atoms with Crippen molar-refractivity contribution in [1.82, 2.24) is 9.88 Å². The van der Waals surface area contributed by atoms with E-state index in [9.17, 15) is 9.18 Å². The summed E-state index contributed by atoms with van der Waals surface area (Å²) in [6, 6.07) is 9.63. The first kappa shape index (κ1) is 14.7. The van der Waals surface area contributed by atoms with Crippen molar-refractivity contribution in [3.63, 3.8) is 0 Å². The molecule has 20 heavy (non-hydrogen) atoms. The topological polar surface area (TPSA) is 33.2 Å². The molecule has 1 aromatic carbocycles. The van der Waals surface area contributed by atoms with E-state index in [1.807, 2.05) is 13.0 Å². The Morgan fingerprint density at radius 2 is 2.15 bits per heavy atom. The first-order valence-electron chi connectivity index (χ1n) is 6.25. The van der Waals surface area contributed by atoms with Crippen LogP contribution in [0.3, 0.4) is 0 Å². The van der Waals surface area contributed by atoms with E-state index in [4.69, 9.17) is 0 Å². The van der Waals surface area contributed by atoms with Gasteiger partial charge in [0.15, 0.2) is 0 Å². The molecular weight excluding hydrogens is 323 g/mol. The summed E-state index contributed by atoms with van der Waals surface area (Å²) in [5.74, 6) is -0.391. The first-order chi connectivity index (χ1) is 9.60. The van der Waals surface area contributed by atoms with Crippen LogP contribution < -0.4 is 0 Å². The molecule has 0 unspecified atom stereocenters. The fraction of sp³-hybridized carbons (Fsp3) is 0.200. The standard InChI is InChI=1S/C15H14BrFN2O/c1-2-19(10-11-4-3-5-13(17)8-11)15(20)12-6-7-18-14(16)9-12/h3-9H,2,10H2,1H3. The van der Waals surface area contributed by atoms with Gasteiger partial charge >= 0.3 is 0 Å².